The Hall–Kier alpha value is -2.08. The van der Waals surface area contributed by atoms with E-state index >= 15 is 0 Å². The molecule has 1 aliphatic rings. The van der Waals surface area contributed by atoms with Crippen molar-refractivity contribution in [1.29, 1.82) is 0 Å². The minimum atomic E-state index is -1.58. The summed E-state index contributed by atoms with van der Waals surface area (Å²) in [6, 6.07) is 8.42. The zero-order chi connectivity index (χ0) is 20.7. The van der Waals surface area contributed by atoms with Crippen LogP contribution >= 0.6 is 0 Å². The first-order valence-corrected chi connectivity index (χ1v) is 8.68. The van der Waals surface area contributed by atoms with Crippen molar-refractivity contribution in [3.05, 3.63) is 30.3 Å². The minimum absolute atomic E-state index is 0.220. The van der Waals surface area contributed by atoms with Crippen LogP contribution in [0.5, 0.6) is 5.75 Å². The third-order valence-corrected chi connectivity index (χ3v) is 3.86. The molecule has 10 nitrogen and oxygen atoms in total. The van der Waals surface area contributed by atoms with Gasteiger partial charge < -0.3 is 39.4 Å². The number of benzene rings is 1. The van der Waals surface area contributed by atoms with Crippen molar-refractivity contribution in [1.82, 2.24) is 0 Å². The van der Waals surface area contributed by atoms with Gasteiger partial charge in [-0.15, -0.1) is 0 Å². The van der Waals surface area contributed by atoms with E-state index in [-0.39, 0.29) is 6.61 Å². The van der Waals surface area contributed by atoms with Crippen molar-refractivity contribution in [2.24, 2.45) is 0 Å². The van der Waals surface area contributed by atoms with Crippen LogP contribution in [0.3, 0.4) is 0 Å². The number of aliphatic hydroxyl groups is 4. The average Bonchev–Trinajstić information content (AvgIpc) is 2.97. The highest BCUT2D eigenvalue weighted by molar-refractivity contribution is 6.37. The number of Topliss-reactive ketones (excluding diaryl/α,β-unsaturated/α-hetero) is 1. The summed E-state index contributed by atoms with van der Waals surface area (Å²) in [4.78, 5) is 23.7. The molecule has 0 bridgehead atoms. The highest BCUT2D eigenvalue weighted by Gasteiger charge is 2.50. The first kappa shape index (κ1) is 22.2. The van der Waals surface area contributed by atoms with Crippen LogP contribution in [0.4, 0.5) is 0 Å². The standard InChI is InChI=1S/C18H24O10/c1-10(21)9-25-18(13(8-20)26-11-5-3-2-4-6-11)28-16-14(23)17(24)27-15(16)12(22)7-19/h2-6,10,12-13,15-16,18-22H,7-9H2,1H3/t10?,12-,13?,15+,16?,18?/m0/s1. The second kappa shape index (κ2) is 10.5. The number of hydrogen-bond donors (Lipinski definition) is 4. The van der Waals surface area contributed by atoms with E-state index in [2.05, 4.69) is 0 Å². The van der Waals surface area contributed by atoms with Gasteiger partial charge in [0, 0.05) is 0 Å². The van der Waals surface area contributed by atoms with Crippen LogP contribution in [0.15, 0.2) is 30.3 Å². The van der Waals surface area contributed by atoms with E-state index in [1.165, 1.54) is 6.92 Å². The number of carbonyl (C=O) groups excluding carboxylic acids is 2. The lowest BCUT2D eigenvalue weighted by Crippen LogP contribution is -2.48. The molecular weight excluding hydrogens is 376 g/mol. The number of para-hydroxylation sites is 1. The van der Waals surface area contributed by atoms with E-state index < -0.39 is 61.8 Å². The number of hydrogen-bond acceptors (Lipinski definition) is 10. The number of carbonyl (C=O) groups is 2. The molecule has 0 saturated carbocycles. The first-order valence-electron chi connectivity index (χ1n) is 8.68. The molecule has 2 rings (SSSR count). The molecule has 6 atom stereocenters. The maximum atomic E-state index is 12.1. The highest BCUT2D eigenvalue weighted by Crippen LogP contribution is 2.23. The fourth-order valence-electron chi connectivity index (χ4n) is 2.50. The molecule has 10 heteroatoms. The predicted molar refractivity (Wildman–Crippen MR) is 92.2 cm³/mol. The van der Waals surface area contributed by atoms with Crippen molar-refractivity contribution in [3.63, 3.8) is 0 Å². The average molecular weight is 400 g/mol. The second-order valence-corrected chi connectivity index (χ2v) is 6.24. The normalized spacial score (nSPS) is 23.8. The summed E-state index contributed by atoms with van der Waals surface area (Å²) in [7, 11) is 0. The molecule has 1 heterocycles. The summed E-state index contributed by atoms with van der Waals surface area (Å²) in [5.41, 5.74) is 0. The third-order valence-electron chi connectivity index (χ3n) is 3.86. The van der Waals surface area contributed by atoms with Gasteiger partial charge in [-0.2, -0.15) is 0 Å². The van der Waals surface area contributed by atoms with Gasteiger partial charge in [-0.25, -0.2) is 4.79 Å². The Bertz CT molecular complexity index is 635. The molecule has 0 amide bonds. The number of aliphatic hydroxyl groups excluding tert-OH is 4. The van der Waals surface area contributed by atoms with Crippen LogP contribution in [0, 0.1) is 0 Å². The summed E-state index contributed by atoms with van der Waals surface area (Å²) >= 11 is 0. The monoisotopic (exact) mass is 400 g/mol. The van der Waals surface area contributed by atoms with E-state index in [1.807, 2.05) is 0 Å². The number of esters is 1. The fourth-order valence-corrected chi connectivity index (χ4v) is 2.50. The van der Waals surface area contributed by atoms with E-state index in [0.29, 0.717) is 5.75 Å². The Morgan fingerprint density at radius 2 is 1.79 bits per heavy atom. The topological polar surface area (TPSA) is 152 Å². The number of rotatable bonds is 11. The molecule has 156 valence electrons. The molecule has 0 spiro atoms. The predicted octanol–water partition coefficient (Wildman–Crippen LogP) is -1.62. The van der Waals surface area contributed by atoms with Crippen LogP contribution < -0.4 is 4.74 Å². The number of ketones is 1. The minimum Gasteiger partial charge on any atom is -0.483 e. The van der Waals surface area contributed by atoms with Crippen molar-refractivity contribution < 1.29 is 49.0 Å². The quantitative estimate of drug-likeness (QED) is 0.194. The molecule has 4 N–H and O–H groups in total. The van der Waals surface area contributed by atoms with Crippen LogP contribution in [-0.4, -0.2) is 88.8 Å². The Morgan fingerprint density at radius 3 is 2.36 bits per heavy atom. The van der Waals surface area contributed by atoms with Gasteiger partial charge in [-0.1, -0.05) is 18.2 Å². The Morgan fingerprint density at radius 1 is 1.11 bits per heavy atom. The van der Waals surface area contributed by atoms with Crippen LogP contribution in [0.1, 0.15) is 6.92 Å². The van der Waals surface area contributed by atoms with Crippen LogP contribution in [-0.2, 0) is 23.8 Å². The Labute approximate surface area is 161 Å². The van der Waals surface area contributed by atoms with E-state index in [4.69, 9.17) is 24.1 Å². The maximum Gasteiger partial charge on any atom is 0.378 e. The Kier molecular flexibility index (Phi) is 8.30. The van der Waals surface area contributed by atoms with Crippen molar-refractivity contribution in [2.45, 2.75) is 43.7 Å². The molecule has 1 aromatic carbocycles. The third kappa shape index (κ3) is 5.71. The molecule has 0 radical (unpaired) electrons. The van der Waals surface area contributed by atoms with Gasteiger partial charge >= 0.3 is 5.97 Å². The largest absolute Gasteiger partial charge is 0.483 e. The lowest BCUT2D eigenvalue weighted by molar-refractivity contribution is -0.233. The molecule has 0 aromatic heterocycles. The van der Waals surface area contributed by atoms with Crippen molar-refractivity contribution >= 4 is 11.8 Å². The lowest BCUT2D eigenvalue weighted by atomic mass is 10.1. The van der Waals surface area contributed by atoms with Gasteiger partial charge in [0.25, 0.3) is 5.78 Å². The molecule has 4 unspecified atom stereocenters. The first-order chi connectivity index (χ1) is 13.4. The number of ether oxygens (including phenoxy) is 4. The molecule has 1 aromatic rings. The van der Waals surface area contributed by atoms with Crippen molar-refractivity contribution in [2.75, 3.05) is 19.8 Å². The van der Waals surface area contributed by atoms with Gasteiger partial charge in [-0.05, 0) is 19.1 Å². The van der Waals surface area contributed by atoms with Crippen molar-refractivity contribution in [3.8, 4) is 5.75 Å². The molecule has 0 aliphatic carbocycles. The van der Waals surface area contributed by atoms with E-state index in [0.717, 1.165) is 0 Å². The molecule has 1 aliphatic heterocycles. The van der Waals surface area contributed by atoms with Gasteiger partial charge in [-0.3, -0.25) is 4.79 Å². The second-order valence-electron chi connectivity index (χ2n) is 6.24. The zero-order valence-electron chi connectivity index (χ0n) is 15.2. The van der Waals surface area contributed by atoms with E-state index in [1.54, 1.807) is 30.3 Å². The summed E-state index contributed by atoms with van der Waals surface area (Å²) in [6.45, 7) is -0.118. The summed E-state index contributed by atoms with van der Waals surface area (Å²) in [6.07, 6.45) is -7.99. The fraction of sp³-hybridized carbons (Fsp3) is 0.556. The zero-order valence-corrected chi connectivity index (χ0v) is 15.2. The van der Waals surface area contributed by atoms with E-state index in [9.17, 15) is 24.9 Å². The van der Waals surface area contributed by atoms with Gasteiger partial charge in [0.2, 0.25) is 0 Å². The Balaban J connectivity index is 2.20. The molecule has 1 fully saturated rings. The molecular formula is C18H24O10. The van der Waals surface area contributed by atoms with Crippen LogP contribution in [0.25, 0.3) is 0 Å². The van der Waals surface area contributed by atoms with Crippen LogP contribution in [0.2, 0.25) is 0 Å². The summed E-state index contributed by atoms with van der Waals surface area (Å²) < 4.78 is 21.3. The highest BCUT2D eigenvalue weighted by atomic mass is 16.7. The number of cyclic esters (lactones) is 1. The van der Waals surface area contributed by atoms with Gasteiger partial charge in [0.05, 0.1) is 25.9 Å². The summed E-state index contributed by atoms with van der Waals surface area (Å²) in [5.74, 6) is -1.91. The smallest absolute Gasteiger partial charge is 0.378 e. The lowest BCUT2D eigenvalue weighted by Gasteiger charge is -2.30. The maximum absolute atomic E-state index is 12.1. The molecule has 1 saturated heterocycles. The molecule has 28 heavy (non-hydrogen) atoms. The van der Waals surface area contributed by atoms with Gasteiger partial charge in [0.15, 0.2) is 24.6 Å². The van der Waals surface area contributed by atoms with Gasteiger partial charge in [0.1, 0.15) is 11.9 Å². The SMILES string of the molecule is CC(O)COC(OC1C(=O)C(=O)O[C@@H]1[C@@H](O)CO)C(CO)Oc1ccccc1. The summed E-state index contributed by atoms with van der Waals surface area (Å²) in [5, 5.41) is 38.1.